The van der Waals surface area contributed by atoms with Crippen LogP contribution in [0.5, 0.6) is 0 Å². The standard InChI is InChI=1S/C10H21N.2C10H20O.C9H18O2S.C8H17N.C8H16O2S.C8H16O.7C2H6/c2*1-10(2,3)8-9-4-6-11-7-5-9;1-10(2,3)7-9-5-4-6-11-8-9;1-9(2,3)6-8-4-5-12(10,11)7-8;1-8(2,3)4-7-5-9-6-7;1-8(2,3)4-7-5-11(9,10)6-7;1-8(2,3)4-7-5-9-6-7;7*1-2/h9,11H,4-8H2,1-3H3;2*9H,4-8H2,1-3H3;8H,4-7H2,1-3H3;7,9H,4-6H2,1-3H3;7H,4-6H2,1-3H3;7H,4-6H2,1-3H3;7*1-2H3. The molecule has 0 saturated carbocycles. The number of hydrogen-bond donors (Lipinski definition) is 2. The maximum absolute atomic E-state index is 11.1. The predicted octanol–water partition coefficient (Wildman–Crippen LogP) is 22.3. The van der Waals surface area contributed by atoms with Crippen molar-refractivity contribution in [2.24, 2.45) is 79.3 Å². The SMILES string of the molecule is CC.CC.CC.CC.CC.CC.CC.CC(C)(C)CC1CCCOC1.CC(C)(C)CC1CCNCC1.CC(C)(C)CC1CCOCC1.CC(C)(C)CC1CCS(=O)(=O)C1.CC(C)(C)CC1CNC1.CC(C)(C)CC1COC1.CC(C)(C)CC1CS(=O)(=O)C1. The third-order valence-electron chi connectivity index (χ3n) is 14.2. The van der Waals surface area contributed by atoms with E-state index in [0.717, 1.165) is 88.5 Å². The zero-order valence-corrected chi connectivity index (χ0v) is 68.6. The lowest BCUT2D eigenvalue weighted by molar-refractivity contribution is -0.0486. The van der Waals surface area contributed by atoms with Crippen molar-refractivity contribution in [3.05, 3.63) is 0 Å². The summed E-state index contributed by atoms with van der Waals surface area (Å²) in [4.78, 5) is 0. The van der Waals surface area contributed by atoms with E-state index in [2.05, 4.69) is 156 Å². The molecule has 0 spiro atoms. The van der Waals surface area contributed by atoms with Crippen LogP contribution < -0.4 is 10.6 Å². The number of piperidine rings is 1. The molecule has 542 valence electrons. The molecule has 11 heteroatoms. The van der Waals surface area contributed by atoms with Gasteiger partial charge in [-0.2, -0.15) is 0 Å². The normalized spacial score (nSPS) is 20.9. The average molecular weight is 1300 g/mol. The topological polar surface area (TPSA) is 120 Å². The minimum atomic E-state index is -2.67. The van der Waals surface area contributed by atoms with Crippen molar-refractivity contribution in [3.63, 3.8) is 0 Å². The van der Waals surface area contributed by atoms with Crippen molar-refractivity contribution in [3.8, 4) is 0 Å². The summed E-state index contributed by atoms with van der Waals surface area (Å²) in [6.07, 6.45) is 17.7. The van der Waals surface area contributed by atoms with E-state index < -0.39 is 19.7 Å². The Balaban J connectivity index is -0.000000168. The van der Waals surface area contributed by atoms with Crippen LogP contribution in [-0.2, 0) is 33.9 Å². The monoisotopic (exact) mass is 1300 g/mol. The van der Waals surface area contributed by atoms with Crippen molar-refractivity contribution in [2.75, 3.05) is 88.8 Å². The number of nitrogens with one attached hydrogen (secondary N) is 2. The highest BCUT2D eigenvalue weighted by atomic mass is 32.2. The molecule has 7 heterocycles. The first-order valence-electron chi connectivity index (χ1n) is 37.0. The molecule has 0 bridgehead atoms. The Hall–Kier alpha value is -0.300. The van der Waals surface area contributed by atoms with Crippen molar-refractivity contribution < 1.29 is 31.0 Å². The lowest BCUT2D eigenvalue weighted by Crippen LogP contribution is -2.43. The fraction of sp³-hybridized carbons (Fsp3) is 1.00. The van der Waals surface area contributed by atoms with Gasteiger partial charge in [-0.15, -0.1) is 0 Å². The number of ether oxygens (including phenoxy) is 3. The second-order valence-electron chi connectivity index (χ2n) is 32.8. The molecule has 0 aromatic carbocycles. The van der Waals surface area contributed by atoms with Crippen LogP contribution in [0.3, 0.4) is 0 Å². The van der Waals surface area contributed by atoms with Gasteiger partial charge in [0.1, 0.15) is 0 Å². The first-order chi connectivity index (χ1) is 40.5. The minimum Gasteiger partial charge on any atom is -0.381 e. The summed E-state index contributed by atoms with van der Waals surface area (Å²) < 4.78 is 59.6. The Kier molecular flexibility index (Phi) is 63.1. The summed E-state index contributed by atoms with van der Waals surface area (Å²) in [7, 11) is -5.27. The highest BCUT2D eigenvalue weighted by Gasteiger charge is 2.36. The van der Waals surface area contributed by atoms with Crippen LogP contribution in [0, 0.1) is 79.3 Å². The lowest BCUT2D eigenvalue weighted by Gasteiger charge is -2.32. The molecule has 0 aliphatic carbocycles. The van der Waals surface area contributed by atoms with E-state index in [1.165, 1.54) is 96.8 Å². The van der Waals surface area contributed by atoms with Gasteiger partial charge in [-0.25, -0.2) is 16.8 Å². The molecule has 9 nitrogen and oxygen atoms in total. The van der Waals surface area contributed by atoms with E-state index in [1.54, 1.807) is 0 Å². The van der Waals surface area contributed by atoms with Crippen molar-refractivity contribution in [2.45, 2.75) is 332 Å². The smallest absolute Gasteiger partial charge is 0.150 e. The van der Waals surface area contributed by atoms with Gasteiger partial charge in [0.25, 0.3) is 0 Å². The second-order valence-corrected chi connectivity index (χ2v) is 37.2. The Morgan fingerprint density at radius 3 is 0.864 bits per heavy atom. The summed E-state index contributed by atoms with van der Waals surface area (Å²) in [6, 6.07) is 0. The molecule has 0 aromatic heterocycles. The van der Waals surface area contributed by atoms with Crippen LogP contribution in [0.1, 0.15) is 332 Å². The van der Waals surface area contributed by atoms with Crippen LogP contribution in [0.15, 0.2) is 0 Å². The Morgan fingerprint density at radius 2 is 0.602 bits per heavy atom. The molecule has 0 aromatic rings. The quantitative estimate of drug-likeness (QED) is 0.257. The fourth-order valence-electron chi connectivity index (χ4n) is 11.8. The first-order valence-corrected chi connectivity index (χ1v) is 40.7. The van der Waals surface area contributed by atoms with Crippen LogP contribution in [0.2, 0.25) is 0 Å². The maximum Gasteiger partial charge on any atom is 0.150 e. The van der Waals surface area contributed by atoms with E-state index in [1.807, 2.05) is 96.9 Å². The fourth-order valence-corrected chi connectivity index (χ4v) is 15.2. The van der Waals surface area contributed by atoms with E-state index >= 15 is 0 Å². The summed E-state index contributed by atoms with van der Waals surface area (Å²) in [5.74, 6) is 7.06. The highest BCUT2D eigenvalue weighted by Crippen LogP contribution is 2.35. The number of rotatable bonds is 7. The molecule has 7 aliphatic rings. The first kappa shape index (κ1) is 101. The van der Waals surface area contributed by atoms with Gasteiger partial charge in [0.15, 0.2) is 19.7 Å². The Labute approximate surface area is 558 Å². The van der Waals surface area contributed by atoms with Gasteiger partial charge in [0.05, 0.1) is 36.2 Å². The number of hydrogen-bond acceptors (Lipinski definition) is 9. The van der Waals surface area contributed by atoms with E-state index in [9.17, 15) is 16.8 Å². The van der Waals surface area contributed by atoms with Crippen LogP contribution in [-0.4, -0.2) is 106 Å². The van der Waals surface area contributed by atoms with E-state index in [0.29, 0.717) is 61.9 Å². The summed E-state index contributed by atoms with van der Waals surface area (Å²) in [5.41, 5.74) is 3.09. The summed E-state index contributed by atoms with van der Waals surface area (Å²) >= 11 is 0. The summed E-state index contributed by atoms with van der Waals surface area (Å²) in [6.45, 7) is 86.6. The Bertz CT molecular complexity index is 1570. The lowest BCUT2D eigenvalue weighted by atomic mass is 9.81. The second kappa shape index (κ2) is 54.9. The van der Waals surface area contributed by atoms with Crippen LogP contribution in [0.4, 0.5) is 0 Å². The molecule has 7 rings (SSSR count). The van der Waals surface area contributed by atoms with Gasteiger partial charge in [0, 0.05) is 32.3 Å². The molecule has 0 radical (unpaired) electrons. The van der Waals surface area contributed by atoms with Crippen LogP contribution in [0.25, 0.3) is 0 Å². The van der Waals surface area contributed by atoms with Crippen molar-refractivity contribution in [1.29, 1.82) is 0 Å². The minimum absolute atomic E-state index is 0.268. The zero-order chi connectivity index (χ0) is 70.9. The van der Waals surface area contributed by atoms with Gasteiger partial charge in [0.2, 0.25) is 0 Å². The molecule has 7 fully saturated rings. The molecule has 7 aliphatic heterocycles. The molecule has 0 amide bonds. The predicted molar refractivity (Wildman–Crippen MR) is 400 cm³/mol. The van der Waals surface area contributed by atoms with Gasteiger partial charge in [-0.1, -0.05) is 242 Å². The summed E-state index contributed by atoms with van der Waals surface area (Å²) in [5, 5.41) is 6.68. The average Bonchev–Trinajstić information content (AvgIpc) is 3.73. The van der Waals surface area contributed by atoms with Gasteiger partial charge >= 0.3 is 0 Å². The highest BCUT2D eigenvalue weighted by molar-refractivity contribution is 7.92. The molecule has 7 saturated heterocycles. The molecular formula is C77H170N2O7S2. The molecule has 2 atom stereocenters. The third kappa shape index (κ3) is 73.1. The van der Waals surface area contributed by atoms with Crippen LogP contribution >= 0.6 is 0 Å². The van der Waals surface area contributed by atoms with Crippen molar-refractivity contribution in [1.82, 2.24) is 10.6 Å². The number of sulfone groups is 2. The maximum atomic E-state index is 11.1. The van der Waals surface area contributed by atoms with E-state index in [-0.39, 0.29) is 10.8 Å². The van der Waals surface area contributed by atoms with Crippen molar-refractivity contribution >= 4 is 19.7 Å². The Morgan fingerprint density at radius 1 is 0.295 bits per heavy atom. The van der Waals surface area contributed by atoms with E-state index in [4.69, 9.17) is 14.2 Å². The third-order valence-corrected chi connectivity index (χ3v) is 18.0. The molecule has 2 N–H and O–H groups in total. The molecule has 88 heavy (non-hydrogen) atoms. The molecular weight excluding hydrogens is 1130 g/mol. The zero-order valence-electron chi connectivity index (χ0n) is 67.0. The molecule has 2 unspecified atom stereocenters. The van der Waals surface area contributed by atoms with Gasteiger partial charge in [-0.3, -0.25) is 0 Å². The van der Waals surface area contributed by atoms with Gasteiger partial charge < -0.3 is 24.8 Å². The van der Waals surface area contributed by atoms with Gasteiger partial charge in [-0.05, 0) is 189 Å². The largest absolute Gasteiger partial charge is 0.381 e.